The lowest BCUT2D eigenvalue weighted by molar-refractivity contribution is 0.0895. The number of fused-ring (bicyclic) bond motifs is 1. The Morgan fingerprint density at radius 2 is 1.64 bits per heavy atom. The van der Waals surface area contributed by atoms with E-state index in [0.717, 1.165) is 20.6 Å². The van der Waals surface area contributed by atoms with Crippen molar-refractivity contribution >= 4 is 47.1 Å². The number of rotatable bonds is 3. The SMILES string of the molecule is O=C(NCc1ccc2ccccc2c1)N(S)C(=O)c1ccc(Cl)cc1. The molecule has 0 aliphatic carbocycles. The summed E-state index contributed by atoms with van der Waals surface area (Å²) in [5, 5.41) is 5.43. The van der Waals surface area contributed by atoms with Crippen LogP contribution in [0, 0.1) is 0 Å². The fraction of sp³-hybridized carbons (Fsp3) is 0.0526. The van der Waals surface area contributed by atoms with E-state index in [1.54, 1.807) is 24.3 Å². The molecule has 0 bridgehead atoms. The number of hydrogen-bond acceptors (Lipinski definition) is 3. The Bertz CT molecular complexity index is 928. The van der Waals surface area contributed by atoms with Gasteiger partial charge in [-0.1, -0.05) is 60.8 Å². The first-order chi connectivity index (χ1) is 12.0. The van der Waals surface area contributed by atoms with Gasteiger partial charge in [-0.2, -0.15) is 0 Å². The first-order valence-corrected chi connectivity index (χ1v) is 8.37. The van der Waals surface area contributed by atoms with E-state index in [-0.39, 0.29) is 0 Å². The summed E-state index contributed by atoms with van der Waals surface area (Å²) in [5.74, 6) is -0.518. The molecule has 3 amide bonds. The summed E-state index contributed by atoms with van der Waals surface area (Å²) in [5.41, 5.74) is 1.27. The smallest absolute Gasteiger partial charge is 0.333 e. The van der Waals surface area contributed by atoms with Gasteiger partial charge in [0.1, 0.15) is 0 Å². The number of nitrogens with one attached hydrogen (secondary N) is 1. The lowest BCUT2D eigenvalue weighted by Gasteiger charge is -2.15. The summed E-state index contributed by atoms with van der Waals surface area (Å²) in [7, 11) is 0. The zero-order chi connectivity index (χ0) is 17.8. The number of urea groups is 1. The van der Waals surface area contributed by atoms with Gasteiger partial charge >= 0.3 is 6.03 Å². The molecule has 4 nitrogen and oxygen atoms in total. The Labute approximate surface area is 155 Å². The molecule has 0 aliphatic heterocycles. The molecule has 0 aromatic heterocycles. The first-order valence-electron chi connectivity index (χ1n) is 7.59. The minimum Gasteiger partial charge on any atom is -0.333 e. The second-order valence-corrected chi connectivity index (χ2v) is 6.30. The van der Waals surface area contributed by atoms with Crippen molar-refractivity contribution in [1.82, 2.24) is 9.62 Å². The molecule has 25 heavy (non-hydrogen) atoms. The van der Waals surface area contributed by atoms with Gasteiger partial charge in [0.05, 0.1) is 0 Å². The maximum absolute atomic E-state index is 12.2. The van der Waals surface area contributed by atoms with Crippen LogP contribution in [0.5, 0.6) is 0 Å². The lowest BCUT2D eigenvalue weighted by atomic mass is 10.1. The van der Waals surface area contributed by atoms with Crippen LogP contribution in [0.3, 0.4) is 0 Å². The van der Waals surface area contributed by atoms with Crippen molar-refractivity contribution in [2.75, 3.05) is 0 Å². The van der Waals surface area contributed by atoms with Crippen molar-refractivity contribution < 1.29 is 9.59 Å². The van der Waals surface area contributed by atoms with Gasteiger partial charge in [0, 0.05) is 17.1 Å². The molecule has 3 aromatic carbocycles. The summed E-state index contributed by atoms with van der Waals surface area (Å²) >= 11 is 9.80. The maximum atomic E-state index is 12.2. The van der Waals surface area contributed by atoms with Crippen LogP contribution in [0.1, 0.15) is 15.9 Å². The largest absolute Gasteiger partial charge is 0.334 e. The zero-order valence-corrected chi connectivity index (χ0v) is 14.8. The van der Waals surface area contributed by atoms with Crippen molar-refractivity contribution in [1.29, 1.82) is 0 Å². The Hall–Kier alpha value is -2.50. The van der Waals surface area contributed by atoms with Gasteiger partial charge in [0.25, 0.3) is 5.91 Å². The number of halogens is 1. The third-order valence-corrected chi connectivity index (χ3v) is 4.35. The van der Waals surface area contributed by atoms with Crippen molar-refractivity contribution in [3.8, 4) is 0 Å². The van der Waals surface area contributed by atoms with Crippen LogP contribution in [-0.2, 0) is 6.54 Å². The standard InChI is InChI=1S/C19H15ClN2O2S/c20-17-9-7-15(8-10-17)18(23)22(25)19(24)21-12-13-5-6-14-3-1-2-4-16(14)11-13/h1-11,25H,12H2,(H,21,24). The van der Waals surface area contributed by atoms with E-state index in [2.05, 4.69) is 18.1 Å². The normalized spacial score (nSPS) is 10.5. The average molecular weight is 371 g/mol. The molecule has 6 heteroatoms. The van der Waals surface area contributed by atoms with Crippen LogP contribution >= 0.6 is 24.4 Å². The molecule has 0 saturated heterocycles. The van der Waals surface area contributed by atoms with E-state index >= 15 is 0 Å². The summed E-state index contributed by atoms with van der Waals surface area (Å²) < 4.78 is 0.754. The predicted octanol–water partition coefficient (Wildman–Crippen LogP) is 4.69. The molecule has 0 spiro atoms. The van der Waals surface area contributed by atoms with Crippen molar-refractivity contribution in [2.24, 2.45) is 0 Å². The van der Waals surface area contributed by atoms with Gasteiger partial charge in [-0.05, 0) is 46.7 Å². The van der Waals surface area contributed by atoms with Crippen LogP contribution in [0.15, 0.2) is 66.7 Å². The molecule has 0 saturated carbocycles. The molecular weight excluding hydrogens is 356 g/mol. The van der Waals surface area contributed by atoms with Gasteiger partial charge in [-0.15, -0.1) is 0 Å². The lowest BCUT2D eigenvalue weighted by Crippen LogP contribution is -2.37. The average Bonchev–Trinajstić information content (AvgIpc) is 2.65. The zero-order valence-electron chi connectivity index (χ0n) is 13.1. The first kappa shape index (κ1) is 17.3. The molecule has 3 rings (SSSR count). The number of amides is 3. The van der Waals surface area contributed by atoms with E-state index in [9.17, 15) is 9.59 Å². The van der Waals surface area contributed by atoms with Crippen LogP contribution < -0.4 is 5.32 Å². The van der Waals surface area contributed by atoms with Crippen LogP contribution in [0.4, 0.5) is 4.79 Å². The molecule has 0 heterocycles. The van der Waals surface area contributed by atoms with Gasteiger partial charge in [0.15, 0.2) is 0 Å². The Balaban J connectivity index is 1.64. The van der Waals surface area contributed by atoms with E-state index in [0.29, 0.717) is 17.1 Å². The highest BCUT2D eigenvalue weighted by molar-refractivity contribution is 7.79. The topological polar surface area (TPSA) is 49.4 Å². The van der Waals surface area contributed by atoms with Gasteiger partial charge < -0.3 is 5.32 Å². The highest BCUT2D eigenvalue weighted by Gasteiger charge is 2.19. The van der Waals surface area contributed by atoms with Gasteiger partial charge in [-0.25, -0.2) is 9.10 Å². The number of thiol groups is 1. The fourth-order valence-electron chi connectivity index (χ4n) is 2.41. The number of imide groups is 1. The number of hydrogen-bond donors (Lipinski definition) is 2. The Morgan fingerprint density at radius 3 is 2.36 bits per heavy atom. The molecule has 126 valence electrons. The van der Waals surface area contributed by atoms with Gasteiger partial charge in [-0.3, -0.25) is 4.79 Å². The molecule has 0 radical (unpaired) electrons. The monoisotopic (exact) mass is 370 g/mol. The molecular formula is C19H15ClN2O2S. The third-order valence-electron chi connectivity index (χ3n) is 3.73. The number of benzene rings is 3. The second kappa shape index (κ2) is 7.59. The third kappa shape index (κ3) is 4.13. The van der Waals surface area contributed by atoms with E-state index in [4.69, 9.17) is 11.6 Å². The van der Waals surface area contributed by atoms with Crippen LogP contribution in [0.25, 0.3) is 10.8 Å². The molecule has 0 aliphatic rings. The quantitative estimate of drug-likeness (QED) is 0.657. The van der Waals surface area contributed by atoms with E-state index < -0.39 is 11.9 Å². The van der Waals surface area contributed by atoms with Gasteiger partial charge in [0.2, 0.25) is 0 Å². The number of carbonyl (C=O) groups excluding carboxylic acids is 2. The fourth-order valence-corrected chi connectivity index (χ4v) is 2.72. The molecule has 3 aromatic rings. The molecule has 1 N–H and O–H groups in total. The van der Waals surface area contributed by atoms with E-state index in [1.165, 1.54) is 0 Å². The Kier molecular flexibility index (Phi) is 5.26. The minimum atomic E-state index is -0.587. The summed E-state index contributed by atoms with van der Waals surface area (Å²) in [4.78, 5) is 24.4. The second-order valence-electron chi connectivity index (χ2n) is 5.46. The summed E-state index contributed by atoms with van der Waals surface area (Å²) in [6.07, 6.45) is 0. The highest BCUT2D eigenvalue weighted by atomic mass is 35.5. The summed E-state index contributed by atoms with van der Waals surface area (Å²) in [6.45, 7) is 0.300. The van der Waals surface area contributed by atoms with Crippen molar-refractivity contribution in [2.45, 2.75) is 6.54 Å². The Morgan fingerprint density at radius 1 is 0.960 bits per heavy atom. The predicted molar refractivity (Wildman–Crippen MR) is 103 cm³/mol. The number of carbonyl (C=O) groups is 2. The minimum absolute atomic E-state index is 0.300. The van der Waals surface area contributed by atoms with Crippen LogP contribution in [-0.4, -0.2) is 16.2 Å². The molecule has 0 fully saturated rings. The highest BCUT2D eigenvalue weighted by Crippen LogP contribution is 2.16. The van der Waals surface area contributed by atoms with E-state index in [1.807, 2.05) is 42.5 Å². The maximum Gasteiger partial charge on any atom is 0.334 e. The number of nitrogens with zero attached hydrogens (tertiary/aromatic N) is 1. The van der Waals surface area contributed by atoms with Crippen molar-refractivity contribution in [3.05, 3.63) is 82.9 Å². The van der Waals surface area contributed by atoms with Crippen molar-refractivity contribution in [3.63, 3.8) is 0 Å². The summed E-state index contributed by atoms with van der Waals surface area (Å²) in [6, 6.07) is 19.6. The molecule has 0 unspecified atom stereocenters. The van der Waals surface area contributed by atoms with Crippen LogP contribution in [0.2, 0.25) is 5.02 Å². The molecule has 0 atom stereocenters.